The highest BCUT2D eigenvalue weighted by Gasteiger charge is 2.30. The molecule has 0 aromatic heterocycles. The minimum atomic E-state index is -0.0213. The Balaban J connectivity index is 1.72. The minimum Gasteiger partial charge on any atom is -0.487 e. The first-order chi connectivity index (χ1) is 12.9. The predicted octanol–water partition coefficient (Wildman–Crippen LogP) is 7.97. The van der Waals surface area contributed by atoms with Gasteiger partial charge in [-0.05, 0) is 97.6 Å². The van der Waals surface area contributed by atoms with Crippen LogP contribution in [-0.2, 0) is 6.42 Å². The van der Waals surface area contributed by atoms with Crippen LogP contribution in [0.3, 0.4) is 0 Å². The Bertz CT molecular complexity index is 688. The van der Waals surface area contributed by atoms with Gasteiger partial charge in [-0.3, -0.25) is 0 Å². The van der Waals surface area contributed by atoms with E-state index in [-0.39, 0.29) is 5.60 Å². The average Bonchev–Trinajstić information content (AvgIpc) is 2.61. The zero-order valence-corrected chi connectivity index (χ0v) is 18.1. The normalized spacial score (nSPS) is 20.0. The third-order valence-corrected chi connectivity index (χ3v) is 5.54. The van der Waals surface area contributed by atoms with Crippen molar-refractivity contribution in [1.29, 1.82) is 0 Å². The highest BCUT2D eigenvalue weighted by Crippen LogP contribution is 2.35. The number of para-hydroxylation sites is 1. The summed E-state index contributed by atoms with van der Waals surface area (Å²) < 4.78 is 6.32. The van der Waals surface area contributed by atoms with Crippen LogP contribution in [0.25, 0.3) is 0 Å². The molecule has 1 aliphatic rings. The molecule has 0 fully saturated rings. The lowest BCUT2D eigenvalue weighted by molar-refractivity contribution is 0.0572. The molecule has 0 unspecified atom stereocenters. The fourth-order valence-corrected chi connectivity index (χ4v) is 3.66. The third kappa shape index (κ3) is 7.79. The van der Waals surface area contributed by atoms with E-state index < -0.39 is 0 Å². The van der Waals surface area contributed by atoms with Crippen LogP contribution in [0.1, 0.15) is 85.1 Å². The van der Waals surface area contributed by atoms with Crippen LogP contribution >= 0.6 is 0 Å². The molecule has 0 amide bonds. The van der Waals surface area contributed by atoms with Crippen LogP contribution in [0.4, 0.5) is 0 Å². The van der Waals surface area contributed by atoms with Gasteiger partial charge in [0.05, 0.1) is 0 Å². The molecule has 0 N–H and O–H groups in total. The lowest BCUT2D eigenvalue weighted by Crippen LogP contribution is -2.36. The van der Waals surface area contributed by atoms with Crippen LogP contribution < -0.4 is 4.74 Å². The van der Waals surface area contributed by atoms with Gasteiger partial charge < -0.3 is 4.74 Å². The predicted molar refractivity (Wildman–Crippen MR) is 118 cm³/mol. The van der Waals surface area contributed by atoms with Crippen LogP contribution in [-0.4, -0.2) is 5.60 Å². The second-order valence-electron chi connectivity index (χ2n) is 8.66. The van der Waals surface area contributed by atoms with E-state index in [1.165, 1.54) is 41.5 Å². The van der Waals surface area contributed by atoms with Crippen LogP contribution in [0.15, 0.2) is 59.2 Å². The second-order valence-corrected chi connectivity index (χ2v) is 8.66. The fraction of sp³-hybridized carbons (Fsp3) is 0.538. The van der Waals surface area contributed by atoms with Crippen molar-refractivity contribution in [3.8, 4) is 5.75 Å². The van der Waals surface area contributed by atoms with Crippen molar-refractivity contribution in [2.24, 2.45) is 0 Å². The molecule has 1 aliphatic heterocycles. The molecule has 0 saturated heterocycles. The Morgan fingerprint density at radius 3 is 2.26 bits per heavy atom. The average molecular weight is 367 g/mol. The van der Waals surface area contributed by atoms with E-state index in [1.54, 1.807) is 0 Å². The molecule has 0 bridgehead atoms. The van der Waals surface area contributed by atoms with Crippen molar-refractivity contribution >= 4 is 0 Å². The second kappa shape index (κ2) is 10.5. The molecule has 1 atom stereocenters. The molecule has 0 aliphatic carbocycles. The molecule has 1 aromatic rings. The first-order valence-electron chi connectivity index (χ1n) is 10.6. The molecule has 0 saturated carbocycles. The summed E-state index contributed by atoms with van der Waals surface area (Å²) in [6.07, 6.45) is 16.3. The van der Waals surface area contributed by atoms with Gasteiger partial charge in [0, 0.05) is 0 Å². The van der Waals surface area contributed by atoms with Crippen LogP contribution in [0.2, 0.25) is 0 Å². The van der Waals surface area contributed by atoms with Gasteiger partial charge in [0.25, 0.3) is 0 Å². The highest BCUT2D eigenvalue weighted by molar-refractivity contribution is 5.35. The minimum absolute atomic E-state index is 0.0213. The van der Waals surface area contributed by atoms with E-state index in [0.29, 0.717) is 0 Å². The van der Waals surface area contributed by atoms with E-state index in [9.17, 15) is 0 Å². The molecule has 27 heavy (non-hydrogen) atoms. The summed E-state index contributed by atoms with van der Waals surface area (Å²) in [6, 6.07) is 8.48. The van der Waals surface area contributed by atoms with E-state index in [2.05, 4.69) is 77.1 Å². The Hall–Kier alpha value is -1.76. The topological polar surface area (TPSA) is 9.23 Å². The molecule has 1 nitrogen and oxygen atoms in total. The van der Waals surface area contributed by atoms with Crippen molar-refractivity contribution in [3.63, 3.8) is 0 Å². The monoisotopic (exact) mass is 366 g/mol. The van der Waals surface area contributed by atoms with Crippen molar-refractivity contribution in [2.45, 2.75) is 91.6 Å². The van der Waals surface area contributed by atoms with E-state index >= 15 is 0 Å². The Labute approximate surface area is 167 Å². The van der Waals surface area contributed by atoms with Gasteiger partial charge in [-0.1, -0.05) is 53.1 Å². The lowest BCUT2D eigenvalue weighted by atomic mass is 9.88. The summed E-state index contributed by atoms with van der Waals surface area (Å²) in [5, 5.41) is 0. The molecule has 1 heterocycles. The van der Waals surface area contributed by atoms with Gasteiger partial charge in [-0.25, -0.2) is 0 Å². The SMILES string of the molecule is CC(C)=CCC/C(C)=C/CC/C(C)=C/CC[C@]1(C)CCc2ccccc2O1. The molecule has 0 radical (unpaired) electrons. The van der Waals surface area contributed by atoms with Crippen molar-refractivity contribution < 1.29 is 4.74 Å². The van der Waals surface area contributed by atoms with E-state index in [1.807, 2.05) is 0 Å². The maximum Gasteiger partial charge on any atom is 0.123 e. The summed E-state index contributed by atoms with van der Waals surface area (Å²) in [4.78, 5) is 0. The summed E-state index contributed by atoms with van der Waals surface area (Å²) in [5.41, 5.74) is 5.77. The number of fused-ring (bicyclic) bond motifs is 1. The third-order valence-electron chi connectivity index (χ3n) is 5.54. The van der Waals surface area contributed by atoms with Crippen LogP contribution in [0.5, 0.6) is 5.75 Å². The van der Waals surface area contributed by atoms with Gasteiger partial charge in [0.1, 0.15) is 11.4 Å². The molecule has 148 valence electrons. The zero-order chi connectivity index (χ0) is 19.7. The van der Waals surface area contributed by atoms with Crippen LogP contribution in [0, 0.1) is 0 Å². The molecule has 2 rings (SSSR count). The number of hydrogen-bond acceptors (Lipinski definition) is 1. The maximum atomic E-state index is 6.32. The lowest BCUT2D eigenvalue weighted by Gasteiger charge is -2.35. The summed E-state index contributed by atoms with van der Waals surface area (Å²) in [5.74, 6) is 1.08. The summed E-state index contributed by atoms with van der Waals surface area (Å²) in [6.45, 7) is 11.1. The summed E-state index contributed by atoms with van der Waals surface area (Å²) in [7, 11) is 0. The molecular formula is C26H38O. The Kier molecular flexibility index (Phi) is 8.41. The molecular weight excluding hydrogens is 328 g/mol. The molecule has 0 spiro atoms. The number of allylic oxidation sites excluding steroid dienone is 6. The summed E-state index contributed by atoms with van der Waals surface area (Å²) >= 11 is 0. The van der Waals surface area contributed by atoms with E-state index in [0.717, 1.165) is 37.9 Å². The fourth-order valence-electron chi connectivity index (χ4n) is 3.66. The smallest absolute Gasteiger partial charge is 0.123 e. The van der Waals surface area contributed by atoms with Crippen molar-refractivity contribution in [3.05, 3.63) is 64.8 Å². The van der Waals surface area contributed by atoms with Crippen molar-refractivity contribution in [1.82, 2.24) is 0 Å². The Morgan fingerprint density at radius 1 is 0.926 bits per heavy atom. The van der Waals surface area contributed by atoms with Gasteiger partial charge in [-0.2, -0.15) is 0 Å². The number of benzene rings is 1. The number of rotatable bonds is 9. The van der Waals surface area contributed by atoms with E-state index in [4.69, 9.17) is 4.74 Å². The highest BCUT2D eigenvalue weighted by atomic mass is 16.5. The molecule has 1 heteroatoms. The first-order valence-corrected chi connectivity index (χ1v) is 10.6. The van der Waals surface area contributed by atoms with Gasteiger partial charge in [-0.15, -0.1) is 0 Å². The zero-order valence-electron chi connectivity index (χ0n) is 18.1. The maximum absolute atomic E-state index is 6.32. The van der Waals surface area contributed by atoms with Gasteiger partial charge in [0.2, 0.25) is 0 Å². The number of hydrogen-bond donors (Lipinski definition) is 0. The Morgan fingerprint density at radius 2 is 1.56 bits per heavy atom. The number of aryl methyl sites for hydroxylation is 1. The number of ether oxygens (including phenoxy) is 1. The standard InChI is InChI=1S/C26H38O/c1-21(2)11-8-12-22(3)13-9-14-23(4)15-10-19-26(5)20-18-24-16-6-7-17-25(24)27-26/h6-7,11,13,15-17H,8-10,12,14,18-20H2,1-5H3/b22-13+,23-15+/t26-/m1/s1. The van der Waals surface area contributed by atoms with Gasteiger partial charge in [0.15, 0.2) is 0 Å². The van der Waals surface area contributed by atoms with Gasteiger partial charge >= 0.3 is 0 Å². The molecule has 1 aromatic carbocycles. The quantitative estimate of drug-likeness (QED) is 0.403. The largest absolute Gasteiger partial charge is 0.487 e. The first kappa shape index (κ1) is 21.5. The van der Waals surface area contributed by atoms with Crippen molar-refractivity contribution in [2.75, 3.05) is 0 Å².